The SMILES string of the molecule is CC(C)=CCC/C(=C/CC/C(C)=C/COP(=O)(O)OP(=O)(O)O)CF.N.N.N. The minimum absolute atomic E-state index is 0. The zero-order chi connectivity index (χ0) is 19.5. The fraction of sp³-hybridized carbons (Fsp3) is 0.600. The van der Waals surface area contributed by atoms with Gasteiger partial charge in [0.05, 0.1) is 6.61 Å². The molecule has 170 valence electrons. The van der Waals surface area contributed by atoms with Crippen molar-refractivity contribution in [1.82, 2.24) is 18.5 Å². The highest BCUT2D eigenvalue weighted by atomic mass is 31.3. The maximum Gasteiger partial charge on any atom is 0.481 e. The minimum atomic E-state index is -5.11. The molecule has 0 rings (SSSR count). The third kappa shape index (κ3) is 21.6. The van der Waals surface area contributed by atoms with E-state index < -0.39 is 22.3 Å². The lowest BCUT2D eigenvalue weighted by Crippen LogP contribution is -1.94. The van der Waals surface area contributed by atoms with Crippen LogP contribution in [0.3, 0.4) is 0 Å². The van der Waals surface area contributed by atoms with E-state index in [-0.39, 0.29) is 25.1 Å². The van der Waals surface area contributed by atoms with Crippen molar-refractivity contribution in [3.8, 4) is 0 Å². The van der Waals surface area contributed by atoms with E-state index >= 15 is 0 Å². The van der Waals surface area contributed by atoms with Gasteiger partial charge >= 0.3 is 15.6 Å². The molecule has 0 saturated heterocycles. The number of allylic oxidation sites excluding steroid dienone is 5. The number of hydrogen-bond donors (Lipinski definition) is 6. The number of phosphoric acid groups is 2. The van der Waals surface area contributed by atoms with Crippen LogP contribution < -0.4 is 18.5 Å². The quantitative estimate of drug-likeness (QED) is 0.171. The van der Waals surface area contributed by atoms with Gasteiger partial charge in [-0.1, -0.05) is 29.4 Å². The van der Waals surface area contributed by atoms with Crippen molar-refractivity contribution in [2.24, 2.45) is 0 Å². The third-order valence-electron chi connectivity index (χ3n) is 3.04. The molecule has 1 unspecified atom stereocenters. The molecule has 0 heterocycles. The first-order valence-electron chi connectivity index (χ1n) is 7.72. The molecule has 0 bridgehead atoms. The molecule has 1 atom stereocenters. The van der Waals surface area contributed by atoms with Gasteiger partial charge in [-0.2, -0.15) is 4.31 Å². The molecule has 28 heavy (non-hydrogen) atoms. The molecule has 0 amide bonds. The predicted octanol–water partition coefficient (Wildman–Crippen LogP) is 5.07. The zero-order valence-electron chi connectivity index (χ0n) is 16.8. The molecule has 0 spiro atoms. The summed E-state index contributed by atoms with van der Waals surface area (Å²) in [5.41, 5.74) is 2.76. The van der Waals surface area contributed by atoms with Gasteiger partial charge in [-0.3, -0.25) is 4.52 Å². The second kappa shape index (κ2) is 17.2. The van der Waals surface area contributed by atoms with E-state index in [1.807, 2.05) is 19.9 Å². The van der Waals surface area contributed by atoms with Crippen LogP contribution in [0.4, 0.5) is 4.39 Å². The lowest BCUT2D eigenvalue weighted by molar-refractivity contribution is 0.191. The predicted molar refractivity (Wildman–Crippen MR) is 110 cm³/mol. The Kier molecular flexibility index (Phi) is 21.3. The molecule has 0 aliphatic carbocycles. The Morgan fingerprint density at radius 1 is 0.929 bits per heavy atom. The van der Waals surface area contributed by atoms with Gasteiger partial charge in [-0.25, -0.2) is 13.5 Å². The zero-order valence-corrected chi connectivity index (χ0v) is 18.6. The highest BCUT2D eigenvalue weighted by Gasteiger charge is 2.31. The molecule has 0 aliphatic heterocycles. The standard InChI is InChI=1S/C15H27FO7P2.3H3N/c1-13(2)6-4-8-15(12-16)9-5-7-14(3)10-11-22-25(20,21)23-24(17,18)19;;;/h6,9-10H,4-5,7-8,11-12H2,1-3H3,(H,20,21)(H2,17,18,19);3*1H3/b14-10+,15-9-;;;. The van der Waals surface area contributed by atoms with Crippen molar-refractivity contribution < 1.29 is 37.0 Å². The van der Waals surface area contributed by atoms with Crippen LogP contribution in [0.1, 0.15) is 46.5 Å². The highest BCUT2D eigenvalue weighted by Crippen LogP contribution is 2.57. The first-order chi connectivity index (χ1) is 11.4. The maximum absolute atomic E-state index is 12.9. The molecule has 13 heteroatoms. The van der Waals surface area contributed by atoms with Gasteiger partial charge in [-0.15, -0.1) is 0 Å². The van der Waals surface area contributed by atoms with E-state index in [0.29, 0.717) is 19.3 Å². The number of phosphoric ester groups is 1. The fourth-order valence-corrected chi connectivity index (χ4v) is 3.33. The van der Waals surface area contributed by atoms with Crippen LogP contribution in [0.15, 0.2) is 34.9 Å². The van der Waals surface area contributed by atoms with Gasteiger partial charge in [0.1, 0.15) is 6.67 Å². The van der Waals surface area contributed by atoms with Crippen molar-refractivity contribution in [2.75, 3.05) is 13.3 Å². The summed E-state index contributed by atoms with van der Waals surface area (Å²) >= 11 is 0. The van der Waals surface area contributed by atoms with Crippen molar-refractivity contribution in [3.63, 3.8) is 0 Å². The first kappa shape index (κ1) is 34.8. The van der Waals surface area contributed by atoms with Crippen molar-refractivity contribution in [1.29, 1.82) is 0 Å². The van der Waals surface area contributed by atoms with Gasteiger partial charge in [0.25, 0.3) is 0 Å². The largest absolute Gasteiger partial charge is 0.481 e. The number of rotatable bonds is 12. The lowest BCUT2D eigenvalue weighted by Gasteiger charge is -2.11. The van der Waals surface area contributed by atoms with E-state index in [4.69, 9.17) is 14.7 Å². The van der Waals surface area contributed by atoms with Crippen molar-refractivity contribution in [2.45, 2.75) is 46.5 Å². The van der Waals surface area contributed by atoms with Gasteiger partial charge in [0.2, 0.25) is 0 Å². The van der Waals surface area contributed by atoms with E-state index in [0.717, 1.165) is 17.6 Å². The molecule has 0 fully saturated rings. The number of hydrogen-bond acceptors (Lipinski definition) is 7. The van der Waals surface area contributed by atoms with Gasteiger partial charge in [-0.05, 0) is 52.0 Å². The summed E-state index contributed by atoms with van der Waals surface area (Å²) in [6.07, 6.45) is 8.08. The summed E-state index contributed by atoms with van der Waals surface area (Å²) < 4.78 is 42.7. The molecule has 0 aliphatic rings. The Hall–Kier alpha value is -0.710. The van der Waals surface area contributed by atoms with Crippen LogP contribution in [0, 0.1) is 0 Å². The fourth-order valence-electron chi connectivity index (χ4n) is 1.81. The first-order valence-corrected chi connectivity index (χ1v) is 10.7. The smallest absolute Gasteiger partial charge is 0.344 e. The molecule has 12 N–H and O–H groups in total. The van der Waals surface area contributed by atoms with Crippen molar-refractivity contribution in [3.05, 3.63) is 34.9 Å². The molecule has 10 nitrogen and oxygen atoms in total. The second-order valence-electron chi connectivity index (χ2n) is 5.74. The summed E-state index contributed by atoms with van der Waals surface area (Å²) in [6, 6.07) is 0. The number of alkyl halides is 1. The van der Waals surface area contributed by atoms with Crippen LogP contribution in [-0.4, -0.2) is 28.0 Å². The Balaban J connectivity index is -0.000000960. The summed E-state index contributed by atoms with van der Waals surface area (Å²) in [5.74, 6) is 0. The molecule has 0 aromatic heterocycles. The van der Waals surface area contributed by atoms with Crippen LogP contribution >= 0.6 is 15.6 Å². The van der Waals surface area contributed by atoms with E-state index in [1.165, 1.54) is 11.6 Å². The monoisotopic (exact) mass is 451 g/mol. The van der Waals surface area contributed by atoms with Crippen LogP contribution in [0.2, 0.25) is 0 Å². The topological polar surface area (TPSA) is 218 Å². The van der Waals surface area contributed by atoms with Crippen LogP contribution in [-0.2, 0) is 18.0 Å². The van der Waals surface area contributed by atoms with E-state index in [1.54, 1.807) is 6.92 Å². The van der Waals surface area contributed by atoms with Gasteiger partial charge < -0.3 is 33.1 Å². The molecule has 0 radical (unpaired) electrons. The van der Waals surface area contributed by atoms with Crippen molar-refractivity contribution >= 4 is 15.6 Å². The Morgan fingerprint density at radius 2 is 1.46 bits per heavy atom. The Morgan fingerprint density at radius 3 is 1.93 bits per heavy atom. The summed E-state index contributed by atoms with van der Waals surface area (Å²) in [5, 5.41) is 0. The second-order valence-corrected chi connectivity index (χ2v) is 8.57. The van der Waals surface area contributed by atoms with Gasteiger partial charge in [0.15, 0.2) is 0 Å². The average molecular weight is 451 g/mol. The maximum atomic E-state index is 12.9. The Labute approximate surface area is 166 Å². The third-order valence-corrected chi connectivity index (χ3v) is 5.19. The van der Waals surface area contributed by atoms with Crippen LogP contribution in [0.25, 0.3) is 0 Å². The van der Waals surface area contributed by atoms with E-state index in [2.05, 4.69) is 14.9 Å². The Bertz CT molecular complexity index is 602. The molecular formula is C15H36FN3O7P2. The summed E-state index contributed by atoms with van der Waals surface area (Å²) in [4.78, 5) is 26.0. The highest BCUT2D eigenvalue weighted by molar-refractivity contribution is 7.60. The van der Waals surface area contributed by atoms with E-state index in [9.17, 15) is 13.5 Å². The molecular weight excluding hydrogens is 415 g/mol. The molecule has 0 aromatic carbocycles. The lowest BCUT2D eigenvalue weighted by atomic mass is 10.1. The normalized spacial score (nSPS) is 14.1. The molecule has 0 saturated carbocycles. The number of halogens is 1. The average Bonchev–Trinajstić information content (AvgIpc) is 2.42. The molecule has 0 aromatic rings. The summed E-state index contributed by atoms with van der Waals surface area (Å²) in [6.45, 7) is 4.92. The van der Waals surface area contributed by atoms with Crippen LogP contribution in [0.5, 0.6) is 0 Å². The summed E-state index contributed by atoms with van der Waals surface area (Å²) in [7, 11) is -9.92. The minimum Gasteiger partial charge on any atom is -0.344 e. The van der Waals surface area contributed by atoms with Gasteiger partial charge in [0, 0.05) is 0 Å².